The molecule has 0 spiro atoms. The van der Waals surface area contributed by atoms with Crippen molar-refractivity contribution in [3.63, 3.8) is 0 Å². The number of methoxy groups -OCH3 is 2. The SMILES string of the molecule is CC[C@H](C(=O)NC1CCCCC1)N(Cc1ccccc1)C(=O)CN(c1cc(OC)ccc1OC)S(=O)(=O)c1ccccc1. The van der Waals surface area contributed by atoms with Crippen molar-refractivity contribution in [3.05, 3.63) is 84.4 Å². The molecule has 0 unspecified atom stereocenters. The van der Waals surface area contributed by atoms with Gasteiger partial charge in [-0.1, -0.05) is 74.7 Å². The molecule has 1 aliphatic carbocycles. The number of amides is 2. The van der Waals surface area contributed by atoms with Crippen LogP contribution >= 0.6 is 0 Å². The van der Waals surface area contributed by atoms with Crippen LogP contribution in [0.1, 0.15) is 51.0 Å². The van der Waals surface area contributed by atoms with Gasteiger partial charge in [-0.3, -0.25) is 13.9 Å². The van der Waals surface area contributed by atoms with E-state index in [2.05, 4.69) is 5.32 Å². The summed E-state index contributed by atoms with van der Waals surface area (Å²) in [7, 11) is -1.33. The van der Waals surface area contributed by atoms with Gasteiger partial charge < -0.3 is 19.7 Å². The molecule has 0 bridgehead atoms. The number of ether oxygens (including phenoxy) is 2. The number of rotatable bonds is 13. The lowest BCUT2D eigenvalue weighted by Crippen LogP contribution is -2.54. The first-order valence-corrected chi connectivity index (χ1v) is 16.2. The second-order valence-corrected chi connectivity index (χ2v) is 12.5. The zero-order valence-corrected chi connectivity index (χ0v) is 25.9. The van der Waals surface area contributed by atoms with E-state index >= 15 is 0 Å². The fourth-order valence-electron chi connectivity index (χ4n) is 5.47. The predicted octanol–water partition coefficient (Wildman–Crippen LogP) is 5.16. The Kier molecular flexibility index (Phi) is 11.1. The predicted molar refractivity (Wildman–Crippen MR) is 167 cm³/mol. The van der Waals surface area contributed by atoms with Gasteiger partial charge in [0.25, 0.3) is 10.0 Å². The molecule has 0 heterocycles. The minimum Gasteiger partial charge on any atom is -0.497 e. The molecule has 0 saturated heterocycles. The average molecular weight is 608 g/mol. The Labute approximate surface area is 254 Å². The van der Waals surface area contributed by atoms with Crippen LogP contribution < -0.4 is 19.1 Å². The number of anilines is 1. The normalized spacial score (nSPS) is 14.4. The molecule has 1 atom stereocenters. The fraction of sp³-hybridized carbons (Fsp3) is 0.394. The summed E-state index contributed by atoms with van der Waals surface area (Å²) in [5, 5.41) is 3.16. The molecule has 0 radical (unpaired) electrons. The molecule has 1 saturated carbocycles. The number of hydrogen-bond donors (Lipinski definition) is 1. The second kappa shape index (κ2) is 14.9. The summed E-state index contributed by atoms with van der Waals surface area (Å²) >= 11 is 0. The Morgan fingerprint density at radius 3 is 2.16 bits per heavy atom. The highest BCUT2D eigenvalue weighted by atomic mass is 32.2. The number of nitrogens with zero attached hydrogens (tertiary/aromatic N) is 2. The summed E-state index contributed by atoms with van der Waals surface area (Å²) in [5.41, 5.74) is 0.981. The van der Waals surface area contributed by atoms with Gasteiger partial charge in [-0.25, -0.2) is 8.42 Å². The molecule has 2 amide bonds. The molecule has 0 aliphatic heterocycles. The van der Waals surface area contributed by atoms with Crippen LogP contribution in [-0.2, 0) is 26.2 Å². The van der Waals surface area contributed by atoms with Crippen LogP contribution in [0.5, 0.6) is 11.5 Å². The summed E-state index contributed by atoms with van der Waals surface area (Å²) in [4.78, 5) is 29.5. The lowest BCUT2D eigenvalue weighted by Gasteiger charge is -2.34. The third kappa shape index (κ3) is 7.87. The van der Waals surface area contributed by atoms with E-state index in [0.717, 1.165) is 42.0 Å². The smallest absolute Gasteiger partial charge is 0.264 e. The second-order valence-electron chi connectivity index (χ2n) is 10.6. The van der Waals surface area contributed by atoms with Gasteiger partial charge in [-0.05, 0) is 49.1 Å². The van der Waals surface area contributed by atoms with Crippen molar-refractivity contribution in [2.75, 3.05) is 25.1 Å². The van der Waals surface area contributed by atoms with Crippen molar-refractivity contribution < 1.29 is 27.5 Å². The van der Waals surface area contributed by atoms with E-state index in [-0.39, 0.29) is 34.8 Å². The molecular weight excluding hydrogens is 566 g/mol. The Morgan fingerprint density at radius 1 is 0.907 bits per heavy atom. The van der Waals surface area contributed by atoms with Crippen LogP contribution in [0, 0.1) is 0 Å². The lowest BCUT2D eigenvalue weighted by molar-refractivity contribution is -0.140. The van der Waals surface area contributed by atoms with Crippen molar-refractivity contribution in [2.24, 2.45) is 0 Å². The zero-order valence-electron chi connectivity index (χ0n) is 25.1. The van der Waals surface area contributed by atoms with E-state index in [4.69, 9.17) is 9.47 Å². The van der Waals surface area contributed by atoms with Crippen molar-refractivity contribution in [3.8, 4) is 11.5 Å². The first kappa shape index (κ1) is 31.9. The number of carbonyl (C=O) groups excluding carboxylic acids is 2. The van der Waals surface area contributed by atoms with E-state index in [9.17, 15) is 18.0 Å². The van der Waals surface area contributed by atoms with Crippen LogP contribution in [-0.4, -0.2) is 58.0 Å². The first-order chi connectivity index (χ1) is 20.8. The fourth-order valence-corrected chi connectivity index (χ4v) is 6.91. The Bertz CT molecular complexity index is 1460. The molecule has 4 rings (SSSR count). The van der Waals surface area contributed by atoms with Crippen molar-refractivity contribution in [1.82, 2.24) is 10.2 Å². The lowest BCUT2D eigenvalue weighted by atomic mass is 9.95. The summed E-state index contributed by atoms with van der Waals surface area (Å²) in [6.45, 7) is 1.45. The number of hydrogen-bond acceptors (Lipinski definition) is 6. The molecule has 1 fully saturated rings. The Morgan fingerprint density at radius 2 is 1.56 bits per heavy atom. The number of nitrogens with one attached hydrogen (secondary N) is 1. The highest BCUT2D eigenvalue weighted by Crippen LogP contribution is 2.36. The quantitative estimate of drug-likeness (QED) is 0.288. The number of benzene rings is 3. The maximum absolute atomic E-state index is 14.3. The summed E-state index contributed by atoms with van der Waals surface area (Å²) < 4.78 is 40.2. The zero-order chi connectivity index (χ0) is 30.8. The summed E-state index contributed by atoms with van der Waals surface area (Å²) in [6, 6.07) is 21.4. The molecule has 230 valence electrons. The third-order valence-electron chi connectivity index (χ3n) is 7.80. The van der Waals surface area contributed by atoms with Crippen LogP contribution in [0.3, 0.4) is 0 Å². The molecule has 43 heavy (non-hydrogen) atoms. The maximum atomic E-state index is 14.3. The molecule has 0 aromatic heterocycles. The van der Waals surface area contributed by atoms with Gasteiger partial charge in [0.1, 0.15) is 24.1 Å². The minimum absolute atomic E-state index is 0.0179. The maximum Gasteiger partial charge on any atom is 0.264 e. The molecule has 3 aromatic carbocycles. The van der Waals surface area contributed by atoms with Gasteiger partial charge in [0.05, 0.1) is 24.8 Å². The molecular formula is C33H41N3O6S. The molecule has 1 aliphatic rings. The summed E-state index contributed by atoms with van der Waals surface area (Å²) in [5.74, 6) is -0.0882. The van der Waals surface area contributed by atoms with Crippen molar-refractivity contribution in [2.45, 2.75) is 69.0 Å². The minimum atomic E-state index is -4.24. The Balaban J connectivity index is 1.75. The van der Waals surface area contributed by atoms with Crippen LogP contribution in [0.2, 0.25) is 0 Å². The number of carbonyl (C=O) groups is 2. The number of sulfonamides is 1. The Hall–Kier alpha value is -4.05. The van der Waals surface area contributed by atoms with Crippen molar-refractivity contribution in [1.29, 1.82) is 0 Å². The van der Waals surface area contributed by atoms with Gasteiger partial charge in [-0.15, -0.1) is 0 Å². The van der Waals surface area contributed by atoms with E-state index in [1.807, 2.05) is 37.3 Å². The topological polar surface area (TPSA) is 105 Å². The average Bonchev–Trinajstić information content (AvgIpc) is 3.04. The van der Waals surface area contributed by atoms with E-state index in [0.29, 0.717) is 12.2 Å². The van der Waals surface area contributed by atoms with Crippen molar-refractivity contribution >= 4 is 27.5 Å². The standard InChI is InChI=1S/C33H41N3O6S/c1-4-29(33(38)34-26-16-10-6-11-17-26)35(23-25-14-8-5-9-15-25)32(37)24-36(43(39,40)28-18-12-7-13-19-28)30-22-27(41-2)20-21-31(30)42-3/h5,7-9,12-15,18-22,26,29H,4,6,10-11,16-17,23-24H2,1-3H3,(H,34,38)/t29-/m1/s1. The van der Waals surface area contributed by atoms with Gasteiger partial charge in [-0.2, -0.15) is 0 Å². The third-order valence-corrected chi connectivity index (χ3v) is 9.57. The van der Waals surface area contributed by atoms with E-state index in [1.165, 1.54) is 37.3 Å². The van der Waals surface area contributed by atoms with Gasteiger partial charge >= 0.3 is 0 Å². The van der Waals surface area contributed by atoms with Crippen LogP contribution in [0.4, 0.5) is 5.69 Å². The van der Waals surface area contributed by atoms with Gasteiger partial charge in [0.15, 0.2) is 0 Å². The van der Waals surface area contributed by atoms with E-state index in [1.54, 1.807) is 30.3 Å². The molecule has 10 heteroatoms. The largest absolute Gasteiger partial charge is 0.497 e. The molecule has 3 aromatic rings. The van der Waals surface area contributed by atoms with Gasteiger partial charge in [0, 0.05) is 18.7 Å². The highest BCUT2D eigenvalue weighted by molar-refractivity contribution is 7.92. The van der Waals surface area contributed by atoms with Crippen LogP contribution in [0.25, 0.3) is 0 Å². The van der Waals surface area contributed by atoms with Gasteiger partial charge in [0.2, 0.25) is 11.8 Å². The first-order valence-electron chi connectivity index (χ1n) is 14.7. The molecule has 1 N–H and O–H groups in total. The highest BCUT2D eigenvalue weighted by Gasteiger charge is 2.35. The van der Waals surface area contributed by atoms with Crippen LogP contribution in [0.15, 0.2) is 83.8 Å². The van der Waals surface area contributed by atoms with E-state index < -0.39 is 28.5 Å². The summed E-state index contributed by atoms with van der Waals surface area (Å²) in [6.07, 6.45) is 5.46. The molecule has 9 nitrogen and oxygen atoms in total. The monoisotopic (exact) mass is 607 g/mol.